The summed E-state index contributed by atoms with van der Waals surface area (Å²) >= 11 is 0. The van der Waals surface area contributed by atoms with Gasteiger partial charge < -0.3 is 0 Å². The van der Waals surface area contributed by atoms with Crippen LogP contribution in [0.3, 0.4) is 0 Å². The zero-order valence-electron chi connectivity index (χ0n) is 4.03. The van der Waals surface area contributed by atoms with Crippen LogP contribution in [-0.2, 0) is 4.57 Å². The number of hydrogen-bond acceptors (Lipinski definition) is 2. The summed E-state index contributed by atoms with van der Waals surface area (Å²) in [5.74, 6) is 0. The molecule has 0 aliphatic rings. The number of aromatic amines is 1. The number of nitrogens with one attached hydrogen (secondary N) is 1. The van der Waals surface area contributed by atoms with E-state index in [-0.39, 0.29) is 8.46 Å². The summed E-state index contributed by atoms with van der Waals surface area (Å²) in [6.07, 6.45) is 4.68. The first kappa shape index (κ1) is 5.32. The molecule has 1 heterocycles. The lowest BCUT2D eigenvalue weighted by Crippen LogP contribution is -2.08. The molecule has 0 bridgehead atoms. The van der Waals surface area contributed by atoms with Crippen molar-refractivity contribution < 1.29 is 9.55 Å². The highest BCUT2D eigenvalue weighted by molar-refractivity contribution is 7.33. The van der Waals surface area contributed by atoms with Gasteiger partial charge >= 0.3 is 0 Å². The molecule has 0 aliphatic carbocycles. The average molecular weight is 127 g/mol. The van der Waals surface area contributed by atoms with E-state index in [1.165, 1.54) is 12.5 Å². The van der Waals surface area contributed by atoms with E-state index in [0.29, 0.717) is 5.30 Å². The van der Waals surface area contributed by atoms with Crippen molar-refractivity contribution in [3.05, 3.63) is 18.7 Å². The van der Waals surface area contributed by atoms with E-state index in [4.69, 9.17) is 0 Å². The molecule has 0 atom stereocenters. The molecule has 1 aromatic rings. The molecule has 1 aromatic heterocycles. The quantitative estimate of drug-likeness (QED) is 0.491. The van der Waals surface area contributed by atoms with Crippen LogP contribution in [0.4, 0.5) is 0 Å². The summed E-state index contributed by atoms with van der Waals surface area (Å²) in [5, 5.41) is 0.660. The van der Waals surface area contributed by atoms with Gasteiger partial charge in [-0.15, -0.1) is 0 Å². The van der Waals surface area contributed by atoms with Crippen LogP contribution in [-0.4, -0.2) is 4.98 Å². The first-order valence-corrected chi connectivity index (χ1v) is 2.89. The van der Waals surface area contributed by atoms with Crippen molar-refractivity contribution in [3.63, 3.8) is 0 Å². The minimum absolute atomic E-state index is 0.00566. The van der Waals surface area contributed by atoms with Crippen LogP contribution in [0.1, 0.15) is 0 Å². The van der Waals surface area contributed by atoms with Gasteiger partial charge in [-0.2, -0.15) is 0 Å². The highest BCUT2D eigenvalue weighted by Gasteiger charge is 1.90. The van der Waals surface area contributed by atoms with E-state index in [0.717, 1.165) is 0 Å². The van der Waals surface area contributed by atoms with E-state index in [2.05, 4.69) is 9.97 Å². The van der Waals surface area contributed by atoms with Gasteiger partial charge in [-0.3, -0.25) is 4.57 Å². The Balaban J connectivity index is 2.99. The lowest BCUT2D eigenvalue weighted by atomic mass is 10.7. The van der Waals surface area contributed by atoms with Gasteiger partial charge in [-0.25, -0.2) is 4.98 Å². The topological polar surface area (TPSA) is 44.1 Å². The van der Waals surface area contributed by atoms with Crippen molar-refractivity contribution in [3.8, 4) is 0 Å². The Morgan fingerprint density at radius 3 is 3.00 bits per heavy atom. The standard InChI is InChI=1S/C4H3N2OP/c7-8-4-1-5-3-6-2-4/h1-3H/p+1. The second-order valence-electron chi connectivity index (χ2n) is 1.23. The molecule has 4 heteroatoms. The molecular formula is C4H4N2OP+. The third-order valence-electron chi connectivity index (χ3n) is 0.693. The second kappa shape index (κ2) is 2.48. The average Bonchev–Trinajstić information content (AvgIpc) is 1.90. The molecule has 40 valence electrons. The van der Waals surface area contributed by atoms with Crippen molar-refractivity contribution in [2.45, 2.75) is 0 Å². The number of hydrogen-bond donors (Lipinski definition) is 0. The van der Waals surface area contributed by atoms with E-state index < -0.39 is 0 Å². The fraction of sp³-hybridized carbons (Fsp3) is 0. The zero-order chi connectivity index (χ0) is 5.82. The largest absolute Gasteiger partial charge is 0.283 e. The van der Waals surface area contributed by atoms with E-state index in [1.54, 1.807) is 6.20 Å². The molecule has 3 nitrogen and oxygen atoms in total. The summed E-state index contributed by atoms with van der Waals surface area (Å²) in [6, 6.07) is 0. The predicted molar refractivity (Wildman–Crippen MR) is 28.0 cm³/mol. The SMILES string of the molecule is O=Pc1cnc[nH+]c1. The first-order chi connectivity index (χ1) is 3.93. The Bertz CT molecular complexity index is 177. The van der Waals surface area contributed by atoms with Gasteiger partial charge in [-0.1, -0.05) is 4.98 Å². The molecule has 0 amide bonds. The Morgan fingerprint density at radius 1 is 1.75 bits per heavy atom. The Labute approximate surface area is 48.0 Å². The normalized spacial score (nSPS) is 9.50. The molecule has 0 spiro atoms. The van der Waals surface area contributed by atoms with E-state index >= 15 is 0 Å². The van der Waals surface area contributed by atoms with Crippen molar-refractivity contribution >= 4 is 13.8 Å². The zero-order valence-corrected chi connectivity index (χ0v) is 4.93. The van der Waals surface area contributed by atoms with E-state index in [1.807, 2.05) is 0 Å². The van der Waals surface area contributed by atoms with E-state index in [9.17, 15) is 4.57 Å². The van der Waals surface area contributed by atoms with Gasteiger partial charge in [0.25, 0.3) is 6.33 Å². The molecule has 0 aromatic carbocycles. The summed E-state index contributed by atoms with van der Waals surface area (Å²) in [5.41, 5.74) is 0. The van der Waals surface area contributed by atoms with Crippen molar-refractivity contribution in [1.82, 2.24) is 4.98 Å². The first-order valence-electron chi connectivity index (χ1n) is 2.08. The second-order valence-corrected chi connectivity index (χ2v) is 1.93. The monoisotopic (exact) mass is 127 g/mol. The molecule has 0 unspecified atom stereocenters. The maximum absolute atomic E-state index is 10.0. The van der Waals surface area contributed by atoms with Crippen molar-refractivity contribution in [2.24, 2.45) is 0 Å². The predicted octanol–water partition coefficient (Wildman–Crippen LogP) is -0.187. The van der Waals surface area contributed by atoms with Crippen LogP contribution in [0.25, 0.3) is 0 Å². The van der Waals surface area contributed by atoms with Gasteiger partial charge in [0.05, 0.1) is 0 Å². The molecule has 0 saturated heterocycles. The van der Waals surface area contributed by atoms with Crippen molar-refractivity contribution in [2.75, 3.05) is 0 Å². The summed E-state index contributed by atoms with van der Waals surface area (Å²) in [4.78, 5) is 6.39. The third kappa shape index (κ3) is 1.07. The smallest absolute Gasteiger partial charge is 0.269 e. The van der Waals surface area contributed by atoms with Crippen LogP contribution in [0.5, 0.6) is 0 Å². The van der Waals surface area contributed by atoms with Gasteiger partial charge in [-0.05, 0) is 0 Å². The Kier molecular flexibility index (Phi) is 1.65. The Hall–Kier alpha value is -0.820. The lowest BCUT2D eigenvalue weighted by Gasteiger charge is -1.72. The maximum Gasteiger partial charge on any atom is 0.283 e. The molecule has 0 saturated carbocycles. The highest BCUT2D eigenvalue weighted by atomic mass is 31.1. The number of rotatable bonds is 1. The number of aromatic nitrogens is 2. The van der Waals surface area contributed by atoms with Crippen LogP contribution in [0, 0.1) is 0 Å². The van der Waals surface area contributed by atoms with Gasteiger partial charge in [0.2, 0.25) is 0 Å². The van der Waals surface area contributed by atoms with Crippen LogP contribution < -0.4 is 10.3 Å². The fourth-order valence-electron chi connectivity index (χ4n) is 0.367. The van der Waals surface area contributed by atoms with Crippen LogP contribution in [0.2, 0.25) is 0 Å². The van der Waals surface area contributed by atoms with Gasteiger partial charge in [0, 0.05) is 0 Å². The molecule has 0 aliphatic heterocycles. The minimum atomic E-state index is 0.00566. The van der Waals surface area contributed by atoms with Gasteiger partial charge in [0.15, 0.2) is 14.7 Å². The van der Waals surface area contributed by atoms with Crippen LogP contribution in [0.15, 0.2) is 18.7 Å². The number of nitrogens with zero attached hydrogens (tertiary/aromatic N) is 1. The summed E-state index contributed by atoms with van der Waals surface area (Å²) in [6.45, 7) is 0. The lowest BCUT2D eigenvalue weighted by molar-refractivity contribution is -0.381. The summed E-state index contributed by atoms with van der Waals surface area (Å²) in [7, 11) is 0.00566. The summed E-state index contributed by atoms with van der Waals surface area (Å²) < 4.78 is 10.0. The molecule has 8 heavy (non-hydrogen) atoms. The van der Waals surface area contributed by atoms with Gasteiger partial charge in [0.1, 0.15) is 11.5 Å². The highest BCUT2D eigenvalue weighted by Crippen LogP contribution is 1.85. The number of H-pyrrole nitrogens is 1. The molecule has 1 rings (SSSR count). The Morgan fingerprint density at radius 2 is 2.62 bits per heavy atom. The minimum Gasteiger partial charge on any atom is -0.269 e. The fourth-order valence-corrected chi connectivity index (χ4v) is 0.608. The van der Waals surface area contributed by atoms with Crippen LogP contribution >= 0.6 is 8.46 Å². The molecule has 0 radical (unpaired) electrons. The third-order valence-corrected chi connectivity index (χ3v) is 1.15. The molecule has 1 N–H and O–H groups in total. The van der Waals surface area contributed by atoms with Crippen molar-refractivity contribution in [1.29, 1.82) is 0 Å². The molecular weight excluding hydrogens is 123 g/mol. The molecule has 0 fully saturated rings. The maximum atomic E-state index is 10.0.